The molecule has 122 valence electrons. The lowest BCUT2D eigenvalue weighted by Gasteiger charge is -2.31. The van der Waals surface area contributed by atoms with Gasteiger partial charge in [-0.15, -0.1) is 11.3 Å². The molecule has 0 radical (unpaired) electrons. The molecule has 1 aromatic carbocycles. The van der Waals surface area contributed by atoms with E-state index in [2.05, 4.69) is 29.4 Å². The third-order valence-corrected chi connectivity index (χ3v) is 5.07. The Labute approximate surface area is 139 Å². The van der Waals surface area contributed by atoms with Crippen LogP contribution in [0.5, 0.6) is 0 Å². The standard InChI is InChI=1S/C17H21N3O2S/c1-11-3-5-13(6-4-11)14-12(2)23-16(19-14)20-15(21)17(18)7-9-22-10-8-17/h3-6H,7-10,18H2,1-2H3,(H,19,20,21). The van der Waals surface area contributed by atoms with Gasteiger partial charge in [0.05, 0.1) is 5.69 Å². The fraction of sp³-hybridized carbons (Fsp3) is 0.412. The van der Waals surface area contributed by atoms with Crippen molar-refractivity contribution < 1.29 is 9.53 Å². The number of amides is 1. The second-order valence-electron chi connectivity index (χ2n) is 6.01. The summed E-state index contributed by atoms with van der Waals surface area (Å²) in [6.45, 7) is 5.11. The van der Waals surface area contributed by atoms with Crippen molar-refractivity contribution in [2.24, 2.45) is 5.73 Å². The van der Waals surface area contributed by atoms with Gasteiger partial charge in [-0.2, -0.15) is 0 Å². The number of rotatable bonds is 3. The number of thiazole rings is 1. The maximum atomic E-state index is 12.5. The number of nitrogens with one attached hydrogen (secondary N) is 1. The van der Waals surface area contributed by atoms with Gasteiger partial charge in [-0.25, -0.2) is 4.98 Å². The molecule has 1 aliphatic heterocycles. The molecule has 0 unspecified atom stereocenters. The first kappa shape index (κ1) is 16.1. The molecule has 0 atom stereocenters. The molecule has 0 aliphatic carbocycles. The Bertz CT molecular complexity index is 703. The molecule has 5 nitrogen and oxygen atoms in total. The van der Waals surface area contributed by atoms with E-state index in [0.717, 1.165) is 16.1 Å². The molecule has 3 N–H and O–H groups in total. The molecule has 2 aromatic rings. The number of benzene rings is 1. The minimum Gasteiger partial charge on any atom is -0.381 e. The maximum absolute atomic E-state index is 12.5. The monoisotopic (exact) mass is 331 g/mol. The Morgan fingerprint density at radius 2 is 1.91 bits per heavy atom. The summed E-state index contributed by atoms with van der Waals surface area (Å²) in [5.74, 6) is -0.176. The molecule has 2 heterocycles. The van der Waals surface area contributed by atoms with Crippen LogP contribution in [0.3, 0.4) is 0 Å². The fourth-order valence-corrected chi connectivity index (χ4v) is 3.44. The number of nitrogens with two attached hydrogens (primary N) is 1. The zero-order valence-corrected chi connectivity index (χ0v) is 14.2. The Morgan fingerprint density at radius 1 is 1.26 bits per heavy atom. The zero-order valence-electron chi connectivity index (χ0n) is 13.4. The van der Waals surface area contributed by atoms with E-state index < -0.39 is 5.54 Å². The first-order valence-electron chi connectivity index (χ1n) is 7.70. The van der Waals surface area contributed by atoms with Gasteiger partial charge in [0.1, 0.15) is 5.54 Å². The highest BCUT2D eigenvalue weighted by molar-refractivity contribution is 7.16. The number of carbonyl (C=O) groups is 1. The first-order chi connectivity index (χ1) is 11.0. The molecule has 0 spiro atoms. The second kappa shape index (κ2) is 6.39. The number of aromatic nitrogens is 1. The molecule has 0 bridgehead atoms. The first-order valence-corrected chi connectivity index (χ1v) is 8.52. The van der Waals surface area contributed by atoms with E-state index in [1.54, 1.807) is 0 Å². The van der Waals surface area contributed by atoms with E-state index in [1.165, 1.54) is 16.9 Å². The van der Waals surface area contributed by atoms with Crippen molar-refractivity contribution in [1.82, 2.24) is 4.98 Å². The number of ether oxygens (including phenoxy) is 1. The molecule has 23 heavy (non-hydrogen) atoms. The average molecular weight is 331 g/mol. The summed E-state index contributed by atoms with van der Waals surface area (Å²) >= 11 is 1.47. The van der Waals surface area contributed by atoms with Gasteiger partial charge < -0.3 is 15.8 Å². The lowest BCUT2D eigenvalue weighted by molar-refractivity contribution is -0.124. The highest BCUT2D eigenvalue weighted by Crippen LogP contribution is 2.31. The molecule has 1 fully saturated rings. The Hall–Kier alpha value is -1.76. The van der Waals surface area contributed by atoms with Gasteiger partial charge in [0.25, 0.3) is 0 Å². The van der Waals surface area contributed by atoms with Crippen LogP contribution in [-0.4, -0.2) is 29.6 Å². The minimum atomic E-state index is -0.859. The molecule has 1 saturated heterocycles. The van der Waals surface area contributed by atoms with E-state index in [4.69, 9.17) is 10.5 Å². The van der Waals surface area contributed by atoms with E-state index >= 15 is 0 Å². The highest BCUT2D eigenvalue weighted by atomic mass is 32.1. The molecule has 3 rings (SSSR count). The number of hydrogen-bond donors (Lipinski definition) is 2. The summed E-state index contributed by atoms with van der Waals surface area (Å²) in [5, 5.41) is 3.48. The fourth-order valence-electron chi connectivity index (χ4n) is 2.61. The summed E-state index contributed by atoms with van der Waals surface area (Å²) in [4.78, 5) is 18.1. The maximum Gasteiger partial charge on any atom is 0.246 e. The van der Waals surface area contributed by atoms with Gasteiger partial charge in [0, 0.05) is 23.7 Å². The van der Waals surface area contributed by atoms with Crippen molar-refractivity contribution in [1.29, 1.82) is 0 Å². The van der Waals surface area contributed by atoms with Crippen LogP contribution in [-0.2, 0) is 9.53 Å². The topological polar surface area (TPSA) is 77.2 Å². The Morgan fingerprint density at radius 3 is 2.57 bits per heavy atom. The average Bonchev–Trinajstić information content (AvgIpc) is 2.89. The van der Waals surface area contributed by atoms with Crippen LogP contribution in [0.25, 0.3) is 11.3 Å². The third kappa shape index (κ3) is 3.44. The van der Waals surface area contributed by atoms with Crippen LogP contribution < -0.4 is 11.1 Å². The molecule has 1 aromatic heterocycles. The summed E-state index contributed by atoms with van der Waals surface area (Å²) < 4.78 is 5.28. The van der Waals surface area contributed by atoms with Gasteiger partial charge >= 0.3 is 0 Å². The second-order valence-corrected chi connectivity index (χ2v) is 7.22. The Kier molecular flexibility index (Phi) is 4.48. The van der Waals surface area contributed by atoms with E-state index in [1.807, 2.05) is 19.1 Å². The molecule has 1 aliphatic rings. The summed E-state index contributed by atoms with van der Waals surface area (Å²) in [6, 6.07) is 8.21. The lowest BCUT2D eigenvalue weighted by Crippen LogP contribution is -2.54. The highest BCUT2D eigenvalue weighted by Gasteiger charge is 2.36. The van der Waals surface area contributed by atoms with Crippen LogP contribution in [0.15, 0.2) is 24.3 Å². The summed E-state index contributed by atoms with van der Waals surface area (Å²) in [6.07, 6.45) is 1.07. The predicted molar refractivity (Wildman–Crippen MR) is 92.6 cm³/mol. The molecular formula is C17H21N3O2S. The van der Waals surface area contributed by atoms with E-state index in [9.17, 15) is 4.79 Å². The number of carbonyl (C=O) groups excluding carboxylic acids is 1. The quantitative estimate of drug-likeness (QED) is 0.906. The predicted octanol–water partition coefficient (Wildman–Crippen LogP) is 2.87. The van der Waals surface area contributed by atoms with E-state index in [0.29, 0.717) is 31.2 Å². The van der Waals surface area contributed by atoms with Gasteiger partial charge in [-0.3, -0.25) is 4.79 Å². The number of nitrogens with zero attached hydrogens (tertiary/aromatic N) is 1. The van der Waals surface area contributed by atoms with Crippen LogP contribution >= 0.6 is 11.3 Å². The molecule has 1 amide bonds. The molecule has 6 heteroatoms. The number of aryl methyl sites for hydroxylation is 2. The van der Waals surface area contributed by atoms with Crippen LogP contribution in [0, 0.1) is 13.8 Å². The van der Waals surface area contributed by atoms with Gasteiger partial charge in [-0.05, 0) is 26.7 Å². The van der Waals surface area contributed by atoms with Gasteiger partial charge in [0.2, 0.25) is 5.91 Å². The molecule has 0 saturated carbocycles. The van der Waals surface area contributed by atoms with Crippen LogP contribution in [0.2, 0.25) is 0 Å². The third-order valence-electron chi connectivity index (χ3n) is 4.18. The van der Waals surface area contributed by atoms with Gasteiger partial charge in [-0.1, -0.05) is 29.8 Å². The van der Waals surface area contributed by atoms with E-state index in [-0.39, 0.29) is 5.91 Å². The number of anilines is 1. The van der Waals surface area contributed by atoms with Crippen molar-refractivity contribution in [3.63, 3.8) is 0 Å². The summed E-state index contributed by atoms with van der Waals surface area (Å²) in [7, 11) is 0. The van der Waals surface area contributed by atoms with Crippen molar-refractivity contribution in [2.75, 3.05) is 18.5 Å². The zero-order chi connectivity index (χ0) is 16.4. The van der Waals surface area contributed by atoms with Crippen molar-refractivity contribution in [2.45, 2.75) is 32.2 Å². The van der Waals surface area contributed by atoms with Crippen molar-refractivity contribution in [3.8, 4) is 11.3 Å². The molecular weight excluding hydrogens is 310 g/mol. The number of hydrogen-bond acceptors (Lipinski definition) is 5. The van der Waals surface area contributed by atoms with Crippen molar-refractivity contribution >= 4 is 22.4 Å². The van der Waals surface area contributed by atoms with Crippen LogP contribution in [0.4, 0.5) is 5.13 Å². The lowest BCUT2D eigenvalue weighted by atomic mass is 9.90. The van der Waals surface area contributed by atoms with Gasteiger partial charge in [0.15, 0.2) is 5.13 Å². The summed E-state index contributed by atoms with van der Waals surface area (Å²) in [5.41, 5.74) is 8.52. The van der Waals surface area contributed by atoms with Crippen molar-refractivity contribution in [3.05, 3.63) is 34.7 Å². The minimum absolute atomic E-state index is 0.176. The SMILES string of the molecule is Cc1ccc(-c2nc(NC(=O)C3(N)CCOCC3)sc2C)cc1. The largest absolute Gasteiger partial charge is 0.381 e. The normalized spacial score (nSPS) is 17.0. The van der Waals surface area contributed by atoms with Crippen LogP contribution in [0.1, 0.15) is 23.3 Å². The Balaban J connectivity index is 1.78. The smallest absolute Gasteiger partial charge is 0.246 e.